The molecule has 1 saturated heterocycles. The average molecular weight is 444 g/mol. The van der Waals surface area contributed by atoms with E-state index in [2.05, 4.69) is 15.6 Å². The van der Waals surface area contributed by atoms with Crippen LogP contribution in [0.1, 0.15) is 18.1 Å². The molecule has 0 aliphatic carbocycles. The van der Waals surface area contributed by atoms with Gasteiger partial charge in [0.15, 0.2) is 0 Å². The van der Waals surface area contributed by atoms with Gasteiger partial charge in [0.2, 0.25) is 0 Å². The number of hydrogen-bond acceptors (Lipinski definition) is 5. The fourth-order valence-corrected chi connectivity index (χ4v) is 4.31. The standard InChI is InChI=1S/C22H19ClFN3O2S/c1-2-29-19-7-8-25-18-6-3-13(9-16(18)19)10-20-21(28)27-22(30-20)26-12-14-4-5-15(24)11-17(14)23/h3-11,22,26H,2,12H2,1H3,(H,27,28)/b20-10-. The van der Waals surface area contributed by atoms with Gasteiger partial charge in [-0.2, -0.15) is 0 Å². The van der Waals surface area contributed by atoms with Crippen molar-refractivity contribution in [2.45, 2.75) is 19.0 Å². The molecule has 1 aromatic heterocycles. The smallest absolute Gasteiger partial charge is 0.259 e. The summed E-state index contributed by atoms with van der Waals surface area (Å²) in [5.41, 5.74) is 2.18. The summed E-state index contributed by atoms with van der Waals surface area (Å²) in [5, 5.41) is 7.35. The highest BCUT2D eigenvalue weighted by Crippen LogP contribution is 2.31. The van der Waals surface area contributed by atoms with Crippen molar-refractivity contribution < 1.29 is 13.9 Å². The Hall–Kier alpha value is -2.61. The van der Waals surface area contributed by atoms with Crippen LogP contribution >= 0.6 is 23.4 Å². The zero-order valence-corrected chi connectivity index (χ0v) is 17.7. The summed E-state index contributed by atoms with van der Waals surface area (Å²) in [6.45, 7) is 2.90. The lowest BCUT2D eigenvalue weighted by atomic mass is 10.1. The van der Waals surface area contributed by atoms with Crippen molar-refractivity contribution in [2.75, 3.05) is 6.61 Å². The summed E-state index contributed by atoms with van der Waals surface area (Å²) < 4.78 is 18.9. The van der Waals surface area contributed by atoms with E-state index in [-0.39, 0.29) is 17.2 Å². The molecular formula is C22H19ClFN3O2S. The molecule has 0 saturated carbocycles. The van der Waals surface area contributed by atoms with E-state index in [0.717, 1.165) is 27.8 Å². The summed E-state index contributed by atoms with van der Waals surface area (Å²) in [5.74, 6) is 0.233. The molecule has 0 bridgehead atoms. The van der Waals surface area contributed by atoms with Gasteiger partial charge in [-0.15, -0.1) is 0 Å². The first-order chi connectivity index (χ1) is 14.5. The van der Waals surface area contributed by atoms with Gasteiger partial charge in [0.1, 0.15) is 17.1 Å². The van der Waals surface area contributed by atoms with Crippen LogP contribution in [0.15, 0.2) is 53.6 Å². The van der Waals surface area contributed by atoms with Gasteiger partial charge in [-0.3, -0.25) is 15.1 Å². The van der Waals surface area contributed by atoms with Crippen molar-refractivity contribution in [3.05, 3.63) is 75.5 Å². The van der Waals surface area contributed by atoms with Crippen molar-refractivity contribution >= 4 is 46.2 Å². The van der Waals surface area contributed by atoms with E-state index in [1.165, 1.54) is 23.9 Å². The number of fused-ring (bicyclic) bond motifs is 1. The molecule has 0 radical (unpaired) electrons. The highest BCUT2D eigenvalue weighted by Gasteiger charge is 2.27. The Morgan fingerprint density at radius 2 is 2.17 bits per heavy atom. The van der Waals surface area contributed by atoms with E-state index < -0.39 is 0 Å². The Balaban J connectivity index is 1.49. The number of amides is 1. The summed E-state index contributed by atoms with van der Waals surface area (Å²) in [6.07, 6.45) is 3.56. The second kappa shape index (κ2) is 9.04. The van der Waals surface area contributed by atoms with Crippen molar-refractivity contribution in [3.63, 3.8) is 0 Å². The van der Waals surface area contributed by atoms with E-state index in [9.17, 15) is 9.18 Å². The van der Waals surface area contributed by atoms with Gasteiger partial charge in [-0.25, -0.2) is 4.39 Å². The van der Waals surface area contributed by atoms with Gasteiger partial charge in [-0.05, 0) is 54.5 Å². The Bertz CT molecular complexity index is 1140. The molecule has 30 heavy (non-hydrogen) atoms. The number of thioether (sulfide) groups is 1. The van der Waals surface area contributed by atoms with E-state index >= 15 is 0 Å². The van der Waals surface area contributed by atoms with Crippen LogP contribution in [0.2, 0.25) is 5.02 Å². The lowest BCUT2D eigenvalue weighted by Gasteiger charge is -2.12. The largest absolute Gasteiger partial charge is 0.493 e. The van der Waals surface area contributed by atoms with Crippen LogP contribution in [-0.4, -0.2) is 23.0 Å². The molecular weight excluding hydrogens is 425 g/mol. The normalized spacial score (nSPS) is 17.5. The second-order valence-corrected chi connectivity index (χ2v) is 8.17. The van der Waals surface area contributed by atoms with Gasteiger partial charge >= 0.3 is 0 Å². The number of nitrogens with zero attached hydrogens (tertiary/aromatic N) is 1. The lowest BCUT2D eigenvalue weighted by Crippen LogP contribution is -2.36. The first kappa shape index (κ1) is 20.7. The molecule has 8 heteroatoms. The van der Waals surface area contributed by atoms with Crippen molar-refractivity contribution in [1.82, 2.24) is 15.6 Å². The van der Waals surface area contributed by atoms with E-state index in [0.29, 0.717) is 23.1 Å². The summed E-state index contributed by atoms with van der Waals surface area (Å²) >= 11 is 7.45. The van der Waals surface area contributed by atoms with Crippen LogP contribution in [-0.2, 0) is 11.3 Å². The second-order valence-electron chi connectivity index (χ2n) is 6.62. The molecule has 2 N–H and O–H groups in total. The van der Waals surface area contributed by atoms with Crippen LogP contribution in [0.5, 0.6) is 5.75 Å². The molecule has 1 atom stereocenters. The third-order valence-electron chi connectivity index (χ3n) is 4.55. The zero-order chi connectivity index (χ0) is 21.1. The number of halogens is 2. The first-order valence-corrected chi connectivity index (χ1v) is 10.7. The molecule has 5 nitrogen and oxygen atoms in total. The number of nitrogens with one attached hydrogen (secondary N) is 2. The maximum Gasteiger partial charge on any atom is 0.259 e. The Labute approximate surface area is 182 Å². The number of rotatable bonds is 6. The van der Waals surface area contributed by atoms with Crippen molar-refractivity contribution in [2.24, 2.45) is 0 Å². The monoisotopic (exact) mass is 443 g/mol. The number of benzene rings is 2. The van der Waals surface area contributed by atoms with Crippen molar-refractivity contribution in [3.8, 4) is 5.75 Å². The minimum absolute atomic E-state index is 0.154. The van der Waals surface area contributed by atoms with Gasteiger partial charge in [-0.1, -0.05) is 35.5 Å². The van der Waals surface area contributed by atoms with Crippen LogP contribution in [0.3, 0.4) is 0 Å². The zero-order valence-electron chi connectivity index (χ0n) is 16.1. The highest BCUT2D eigenvalue weighted by atomic mass is 35.5. The number of pyridine rings is 1. The minimum atomic E-state index is -0.379. The number of ether oxygens (including phenoxy) is 1. The SMILES string of the molecule is CCOc1ccnc2ccc(/C=C3\SC(NCc4ccc(F)cc4Cl)NC3=O)cc12. The lowest BCUT2D eigenvalue weighted by molar-refractivity contribution is -0.116. The van der Waals surface area contributed by atoms with E-state index in [1.807, 2.05) is 37.3 Å². The number of carbonyl (C=O) groups is 1. The molecule has 3 aromatic rings. The summed E-state index contributed by atoms with van der Waals surface area (Å²) in [4.78, 5) is 17.3. The Morgan fingerprint density at radius 3 is 2.97 bits per heavy atom. The quantitative estimate of drug-likeness (QED) is 0.540. The third-order valence-corrected chi connectivity index (χ3v) is 5.98. The van der Waals surface area contributed by atoms with Gasteiger partial charge in [0.25, 0.3) is 5.91 Å². The Morgan fingerprint density at radius 1 is 1.30 bits per heavy atom. The maximum atomic E-state index is 13.2. The predicted molar refractivity (Wildman–Crippen MR) is 119 cm³/mol. The first-order valence-electron chi connectivity index (χ1n) is 9.41. The molecule has 154 valence electrons. The molecule has 1 fully saturated rings. The van der Waals surface area contributed by atoms with E-state index in [1.54, 1.807) is 12.3 Å². The molecule has 2 heterocycles. The average Bonchev–Trinajstić information content (AvgIpc) is 3.07. The molecule has 0 spiro atoms. The van der Waals surface area contributed by atoms with Gasteiger partial charge in [0, 0.05) is 23.2 Å². The minimum Gasteiger partial charge on any atom is -0.493 e. The molecule has 2 aromatic carbocycles. The fraction of sp³-hybridized carbons (Fsp3) is 0.182. The van der Waals surface area contributed by atoms with Crippen LogP contribution in [0, 0.1) is 5.82 Å². The molecule has 4 rings (SSSR count). The summed E-state index contributed by atoms with van der Waals surface area (Å²) in [7, 11) is 0. The van der Waals surface area contributed by atoms with Gasteiger partial charge < -0.3 is 10.1 Å². The predicted octanol–water partition coefficient (Wildman–Crippen LogP) is 4.70. The third kappa shape index (κ3) is 4.59. The van der Waals surface area contributed by atoms with E-state index in [4.69, 9.17) is 16.3 Å². The molecule has 1 aliphatic rings. The molecule has 1 unspecified atom stereocenters. The topological polar surface area (TPSA) is 63.2 Å². The Kier molecular flexibility index (Phi) is 6.22. The number of hydrogen-bond donors (Lipinski definition) is 2. The maximum absolute atomic E-state index is 13.2. The van der Waals surface area contributed by atoms with Crippen LogP contribution < -0.4 is 15.4 Å². The van der Waals surface area contributed by atoms with Crippen molar-refractivity contribution in [1.29, 1.82) is 0 Å². The summed E-state index contributed by atoms with van der Waals surface area (Å²) in [6, 6.07) is 11.9. The fourth-order valence-electron chi connectivity index (χ4n) is 3.12. The highest BCUT2D eigenvalue weighted by molar-refractivity contribution is 8.05. The van der Waals surface area contributed by atoms with Crippen LogP contribution in [0.4, 0.5) is 4.39 Å². The number of aromatic nitrogens is 1. The molecule has 1 amide bonds. The molecule has 1 aliphatic heterocycles. The number of carbonyl (C=O) groups excluding carboxylic acids is 1. The van der Waals surface area contributed by atoms with Gasteiger partial charge in [0.05, 0.1) is 17.0 Å². The van der Waals surface area contributed by atoms with Crippen LogP contribution in [0.25, 0.3) is 17.0 Å².